The van der Waals surface area contributed by atoms with Crippen molar-refractivity contribution < 1.29 is 22.8 Å². The second kappa shape index (κ2) is 8.29. The fraction of sp³-hybridized carbons (Fsp3) is 0.286. The number of pyridine rings is 1. The molecule has 1 fully saturated rings. The first-order valence-electron chi connectivity index (χ1n) is 9.77. The van der Waals surface area contributed by atoms with Gasteiger partial charge in [-0.3, -0.25) is 9.20 Å². The van der Waals surface area contributed by atoms with Crippen molar-refractivity contribution in [1.82, 2.24) is 19.6 Å². The maximum atomic E-state index is 12.8. The Kier molecular flexibility index (Phi) is 5.53. The van der Waals surface area contributed by atoms with Gasteiger partial charge in [0.2, 0.25) is 0 Å². The smallest absolute Gasteiger partial charge is 0.337 e. The quantitative estimate of drug-likeness (QED) is 0.663. The van der Waals surface area contributed by atoms with E-state index in [0.717, 1.165) is 12.1 Å². The number of nitrogens with zero attached hydrogens (tertiary/aromatic N) is 3. The summed E-state index contributed by atoms with van der Waals surface area (Å²) >= 11 is 0. The van der Waals surface area contributed by atoms with Gasteiger partial charge in [0, 0.05) is 31.0 Å². The molecule has 2 N–H and O–H groups in total. The number of fused-ring (bicyclic) bond motifs is 1. The van der Waals surface area contributed by atoms with Crippen LogP contribution in [0, 0.1) is 0 Å². The molecule has 0 radical (unpaired) electrons. The summed E-state index contributed by atoms with van der Waals surface area (Å²) in [7, 11) is 0. The lowest BCUT2D eigenvalue weighted by Crippen LogP contribution is -2.47. The van der Waals surface area contributed by atoms with Crippen molar-refractivity contribution in [1.29, 1.82) is 0 Å². The number of piperidine rings is 1. The van der Waals surface area contributed by atoms with E-state index in [0.29, 0.717) is 37.3 Å². The summed E-state index contributed by atoms with van der Waals surface area (Å²) in [4.78, 5) is 31.0. The molecule has 0 saturated carbocycles. The van der Waals surface area contributed by atoms with Gasteiger partial charge in [-0.25, -0.2) is 9.78 Å². The lowest BCUT2D eigenvalue weighted by molar-refractivity contribution is -0.137. The molecule has 1 saturated heterocycles. The molecule has 0 aliphatic carbocycles. The topological polar surface area (TPSA) is 78.7 Å². The van der Waals surface area contributed by atoms with Crippen molar-refractivity contribution in [2.24, 2.45) is 0 Å². The highest BCUT2D eigenvalue weighted by molar-refractivity contribution is 5.93. The molecule has 3 heterocycles. The first-order chi connectivity index (χ1) is 14.8. The Bertz CT molecular complexity index is 1100. The van der Waals surface area contributed by atoms with Gasteiger partial charge in [-0.1, -0.05) is 12.1 Å². The number of anilines is 1. The number of amides is 3. The minimum Gasteiger partial charge on any atom is -0.337 e. The Hall–Kier alpha value is -3.56. The number of likely N-dealkylation sites (tertiary alicyclic amines) is 1. The number of hydrogen-bond donors (Lipinski definition) is 2. The van der Waals surface area contributed by atoms with Crippen LogP contribution in [0.4, 0.5) is 23.7 Å². The van der Waals surface area contributed by atoms with Crippen LogP contribution in [0.15, 0.2) is 54.9 Å². The van der Waals surface area contributed by atoms with Gasteiger partial charge in [-0.2, -0.15) is 13.2 Å². The highest BCUT2D eigenvalue weighted by atomic mass is 19.4. The van der Waals surface area contributed by atoms with Crippen LogP contribution in [0.1, 0.15) is 28.9 Å². The maximum Gasteiger partial charge on any atom is 0.416 e. The van der Waals surface area contributed by atoms with E-state index in [2.05, 4.69) is 15.6 Å². The van der Waals surface area contributed by atoms with Crippen molar-refractivity contribution in [3.05, 3.63) is 66.1 Å². The highest BCUT2D eigenvalue weighted by Gasteiger charge is 2.31. The molecule has 0 bridgehead atoms. The molecule has 1 aromatic carbocycles. The molecular formula is C21H20F3N5O2. The van der Waals surface area contributed by atoms with Gasteiger partial charge in [-0.05, 0) is 43.2 Å². The number of urea groups is 1. The van der Waals surface area contributed by atoms with Crippen LogP contribution < -0.4 is 10.6 Å². The van der Waals surface area contributed by atoms with Gasteiger partial charge >= 0.3 is 12.2 Å². The highest BCUT2D eigenvalue weighted by Crippen LogP contribution is 2.30. The van der Waals surface area contributed by atoms with Crippen molar-refractivity contribution in [2.45, 2.75) is 25.1 Å². The van der Waals surface area contributed by atoms with Crippen molar-refractivity contribution >= 4 is 23.3 Å². The van der Waals surface area contributed by atoms with Gasteiger partial charge < -0.3 is 15.5 Å². The predicted octanol–water partition coefficient (Wildman–Crippen LogP) is 3.78. The molecule has 0 atom stereocenters. The fourth-order valence-corrected chi connectivity index (χ4v) is 3.61. The number of carbonyl (C=O) groups is 2. The summed E-state index contributed by atoms with van der Waals surface area (Å²) in [6, 6.07) is 9.19. The molecule has 2 aromatic heterocycles. The number of benzene rings is 1. The van der Waals surface area contributed by atoms with Gasteiger partial charge in [0.1, 0.15) is 11.3 Å². The van der Waals surface area contributed by atoms with Crippen LogP contribution in [0.25, 0.3) is 5.65 Å². The third-order valence-electron chi connectivity index (χ3n) is 5.20. The van der Waals surface area contributed by atoms with Crippen LogP contribution in [0.2, 0.25) is 0 Å². The molecule has 162 valence electrons. The molecule has 1 aliphatic rings. The zero-order chi connectivity index (χ0) is 22.0. The zero-order valence-electron chi connectivity index (χ0n) is 16.4. The second-order valence-corrected chi connectivity index (χ2v) is 7.32. The third kappa shape index (κ3) is 4.62. The van der Waals surface area contributed by atoms with Crippen molar-refractivity contribution in [2.75, 3.05) is 18.4 Å². The minimum atomic E-state index is -4.48. The number of rotatable bonds is 3. The predicted molar refractivity (Wildman–Crippen MR) is 108 cm³/mol. The van der Waals surface area contributed by atoms with Crippen LogP contribution in [-0.4, -0.2) is 45.4 Å². The van der Waals surface area contributed by atoms with E-state index >= 15 is 0 Å². The Labute approximate surface area is 175 Å². The maximum absolute atomic E-state index is 12.8. The van der Waals surface area contributed by atoms with Gasteiger partial charge in [0.05, 0.1) is 11.8 Å². The molecule has 10 heteroatoms. The van der Waals surface area contributed by atoms with E-state index in [-0.39, 0.29) is 17.6 Å². The first kappa shape index (κ1) is 20.7. The van der Waals surface area contributed by atoms with Crippen molar-refractivity contribution in [3.63, 3.8) is 0 Å². The molecule has 31 heavy (non-hydrogen) atoms. The van der Waals surface area contributed by atoms with Crippen molar-refractivity contribution in [3.8, 4) is 0 Å². The van der Waals surface area contributed by atoms with E-state index in [4.69, 9.17) is 0 Å². The average molecular weight is 431 g/mol. The lowest BCUT2D eigenvalue weighted by Gasteiger charge is -2.32. The molecule has 7 nitrogen and oxygen atoms in total. The molecule has 0 unspecified atom stereocenters. The third-order valence-corrected chi connectivity index (χ3v) is 5.20. The van der Waals surface area contributed by atoms with Crippen LogP contribution in [0.5, 0.6) is 0 Å². The Morgan fingerprint density at radius 1 is 1.06 bits per heavy atom. The summed E-state index contributed by atoms with van der Waals surface area (Å²) in [6.07, 6.45) is -0.0716. The number of halogens is 3. The second-order valence-electron chi connectivity index (χ2n) is 7.32. The number of carbonyl (C=O) groups excluding carboxylic acids is 2. The Balaban J connectivity index is 1.31. The Morgan fingerprint density at radius 2 is 1.84 bits per heavy atom. The van der Waals surface area contributed by atoms with Crippen LogP contribution in [-0.2, 0) is 6.18 Å². The number of imidazole rings is 1. The van der Waals surface area contributed by atoms with Gasteiger partial charge in [0.15, 0.2) is 0 Å². The first-order valence-corrected chi connectivity index (χ1v) is 9.77. The molecule has 3 aromatic rings. The summed E-state index contributed by atoms with van der Waals surface area (Å²) in [5, 5.41) is 5.20. The number of alkyl halides is 3. The largest absolute Gasteiger partial charge is 0.416 e. The zero-order valence-corrected chi connectivity index (χ0v) is 16.4. The molecule has 0 spiro atoms. The van der Waals surface area contributed by atoms with E-state index in [1.807, 2.05) is 18.2 Å². The van der Waals surface area contributed by atoms with Crippen LogP contribution >= 0.6 is 0 Å². The fourth-order valence-electron chi connectivity index (χ4n) is 3.61. The molecular weight excluding hydrogens is 411 g/mol. The van der Waals surface area contributed by atoms with E-state index in [9.17, 15) is 22.8 Å². The molecule has 1 aliphatic heterocycles. The monoisotopic (exact) mass is 431 g/mol. The molecule has 4 rings (SSSR count). The summed E-state index contributed by atoms with van der Waals surface area (Å²) in [5.74, 6) is -0.134. The molecule has 3 amide bonds. The standard InChI is InChI=1S/C21H20F3N5O2/c22-21(23,24)14-4-3-5-16(12-14)27-20(31)26-15-7-10-28(11-8-15)19(30)17-13-25-18-6-1-2-9-29(17)18/h1-6,9,12-13,15H,7-8,10-11H2,(H2,26,27,31). The van der Waals surface area contributed by atoms with Gasteiger partial charge in [-0.15, -0.1) is 0 Å². The average Bonchev–Trinajstić information content (AvgIpc) is 3.17. The summed E-state index contributed by atoms with van der Waals surface area (Å²) in [6.45, 7) is 0.904. The number of aromatic nitrogens is 2. The number of nitrogens with one attached hydrogen (secondary N) is 2. The van der Waals surface area contributed by atoms with Crippen LogP contribution in [0.3, 0.4) is 0 Å². The lowest BCUT2D eigenvalue weighted by atomic mass is 10.0. The Morgan fingerprint density at radius 3 is 2.58 bits per heavy atom. The SMILES string of the molecule is O=C(Nc1cccc(C(F)(F)F)c1)NC1CCN(C(=O)c2cnc3ccccn23)CC1. The minimum absolute atomic E-state index is 0.0625. The summed E-state index contributed by atoms with van der Waals surface area (Å²) < 4.78 is 40.1. The summed E-state index contributed by atoms with van der Waals surface area (Å²) in [5.41, 5.74) is 0.398. The van der Waals surface area contributed by atoms with E-state index in [1.165, 1.54) is 12.1 Å². The normalized spacial score (nSPS) is 15.1. The van der Waals surface area contributed by atoms with Gasteiger partial charge in [0.25, 0.3) is 5.91 Å². The van der Waals surface area contributed by atoms with E-state index in [1.54, 1.807) is 21.7 Å². The number of hydrogen-bond acceptors (Lipinski definition) is 3. The van der Waals surface area contributed by atoms with E-state index < -0.39 is 17.8 Å².